The zero-order valence-electron chi connectivity index (χ0n) is 10.2. The van der Waals surface area contributed by atoms with E-state index in [1.807, 2.05) is 11.0 Å². The molecule has 0 spiro atoms. The molecule has 0 bridgehead atoms. The molecule has 1 atom stereocenters. The van der Waals surface area contributed by atoms with Crippen LogP contribution in [0.3, 0.4) is 0 Å². The summed E-state index contributed by atoms with van der Waals surface area (Å²) in [6, 6.07) is 0.441. The number of aromatic nitrogens is 3. The van der Waals surface area contributed by atoms with Gasteiger partial charge in [-0.2, -0.15) is 5.10 Å². The summed E-state index contributed by atoms with van der Waals surface area (Å²) >= 11 is 0. The molecular weight excluding hydrogens is 188 g/mol. The van der Waals surface area contributed by atoms with Gasteiger partial charge in [0, 0.05) is 0 Å². The lowest BCUT2D eigenvalue weighted by Crippen LogP contribution is -2.20. The van der Waals surface area contributed by atoms with E-state index in [-0.39, 0.29) is 0 Å². The Morgan fingerprint density at radius 1 is 1.40 bits per heavy atom. The average molecular weight is 210 g/mol. The number of nitrogens with one attached hydrogen (secondary N) is 1. The second-order valence-electron chi connectivity index (χ2n) is 4.42. The molecule has 15 heavy (non-hydrogen) atoms. The Hall–Kier alpha value is -0.900. The Kier molecular flexibility index (Phi) is 4.75. The minimum atomic E-state index is 0.441. The molecule has 0 saturated carbocycles. The highest BCUT2D eigenvalue weighted by Crippen LogP contribution is 2.06. The quantitative estimate of drug-likeness (QED) is 0.781. The predicted octanol–water partition coefficient (Wildman–Crippen LogP) is 1.99. The fraction of sp³-hybridized carbons (Fsp3) is 0.818. The van der Waals surface area contributed by atoms with Gasteiger partial charge in [-0.15, -0.1) is 0 Å². The van der Waals surface area contributed by atoms with Crippen LogP contribution in [0.25, 0.3) is 0 Å². The molecule has 1 unspecified atom stereocenters. The van der Waals surface area contributed by atoms with E-state index in [9.17, 15) is 0 Å². The summed E-state index contributed by atoms with van der Waals surface area (Å²) in [6.45, 7) is 10.5. The van der Waals surface area contributed by atoms with Crippen molar-refractivity contribution in [3.63, 3.8) is 0 Å². The largest absolute Gasteiger partial charge is 0.310 e. The van der Waals surface area contributed by atoms with E-state index in [4.69, 9.17) is 0 Å². The smallest absolute Gasteiger partial charge is 0.164 e. The van der Waals surface area contributed by atoms with Crippen molar-refractivity contribution >= 4 is 0 Å². The number of rotatable bonds is 6. The van der Waals surface area contributed by atoms with Crippen LogP contribution in [0.4, 0.5) is 0 Å². The van der Waals surface area contributed by atoms with Gasteiger partial charge in [-0.25, -0.2) is 9.67 Å². The standard InChI is InChI=1S/C11H22N4/c1-5-10(4)15-8-13-11(14-15)7-12-6-9(2)3/h8-10,12H,5-7H2,1-4H3. The molecular formula is C11H22N4. The van der Waals surface area contributed by atoms with E-state index in [0.29, 0.717) is 12.0 Å². The molecule has 0 saturated heterocycles. The first kappa shape index (κ1) is 12.2. The number of hydrogen-bond acceptors (Lipinski definition) is 3. The molecule has 4 heteroatoms. The lowest BCUT2D eigenvalue weighted by molar-refractivity contribution is 0.468. The molecule has 1 N–H and O–H groups in total. The van der Waals surface area contributed by atoms with Crippen LogP contribution >= 0.6 is 0 Å². The predicted molar refractivity (Wildman–Crippen MR) is 61.6 cm³/mol. The highest BCUT2D eigenvalue weighted by Gasteiger charge is 2.05. The number of nitrogens with zero attached hydrogens (tertiary/aromatic N) is 3. The number of hydrogen-bond donors (Lipinski definition) is 1. The van der Waals surface area contributed by atoms with Crippen molar-refractivity contribution in [3.8, 4) is 0 Å². The summed E-state index contributed by atoms with van der Waals surface area (Å²) in [4.78, 5) is 4.27. The van der Waals surface area contributed by atoms with Gasteiger partial charge < -0.3 is 5.32 Å². The van der Waals surface area contributed by atoms with Crippen molar-refractivity contribution in [2.45, 2.75) is 46.7 Å². The molecule has 0 aromatic carbocycles. The van der Waals surface area contributed by atoms with E-state index in [2.05, 4.69) is 43.1 Å². The lowest BCUT2D eigenvalue weighted by Gasteiger charge is -2.07. The molecule has 1 heterocycles. The summed E-state index contributed by atoms with van der Waals surface area (Å²) in [5, 5.41) is 7.75. The highest BCUT2D eigenvalue weighted by atomic mass is 15.3. The van der Waals surface area contributed by atoms with Gasteiger partial charge in [-0.3, -0.25) is 0 Å². The molecule has 0 aliphatic rings. The molecule has 4 nitrogen and oxygen atoms in total. The summed E-state index contributed by atoms with van der Waals surface area (Å²) in [5.41, 5.74) is 0. The SMILES string of the molecule is CCC(C)n1cnc(CNCC(C)C)n1. The molecule has 1 aromatic heterocycles. The Morgan fingerprint density at radius 2 is 2.13 bits per heavy atom. The third kappa shape index (κ3) is 4.00. The Balaban J connectivity index is 2.39. The third-order valence-corrected chi connectivity index (χ3v) is 2.43. The molecule has 0 radical (unpaired) electrons. The van der Waals surface area contributed by atoms with Gasteiger partial charge in [0.2, 0.25) is 0 Å². The van der Waals surface area contributed by atoms with E-state index in [1.165, 1.54) is 0 Å². The van der Waals surface area contributed by atoms with Gasteiger partial charge in [0.05, 0.1) is 12.6 Å². The minimum absolute atomic E-state index is 0.441. The van der Waals surface area contributed by atoms with Crippen LogP contribution in [-0.2, 0) is 6.54 Å². The molecule has 0 aliphatic heterocycles. The van der Waals surface area contributed by atoms with Crippen molar-refractivity contribution in [1.29, 1.82) is 0 Å². The van der Waals surface area contributed by atoms with Gasteiger partial charge >= 0.3 is 0 Å². The van der Waals surface area contributed by atoms with Crippen LogP contribution in [0.5, 0.6) is 0 Å². The normalized spacial score (nSPS) is 13.4. The average Bonchev–Trinajstić information content (AvgIpc) is 2.65. The molecule has 0 aliphatic carbocycles. The van der Waals surface area contributed by atoms with Gasteiger partial charge in [0.25, 0.3) is 0 Å². The van der Waals surface area contributed by atoms with Gasteiger partial charge in [-0.1, -0.05) is 20.8 Å². The van der Waals surface area contributed by atoms with Crippen LogP contribution in [0.15, 0.2) is 6.33 Å². The van der Waals surface area contributed by atoms with E-state index in [0.717, 1.165) is 25.3 Å². The second-order valence-corrected chi connectivity index (χ2v) is 4.42. The molecule has 1 rings (SSSR count). The Labute approximate surface area is 92.1 Å². The maximum Gasteiger partial charge on any atom is 0.164 e. The highest BCUT2D eigenvalue weighted by molar-refractivity contribution is 4.82. The summed E-state index contributed by atoms with van der Waals surface area (Å²) in [5.74, 6) is 1.55. The third-order valence-electron chi connectivity index (χ3n) is 2.43. The van der Waals surface area contributed by atoms with Crippen molar-refractivity contribution in [1.82, 2.24) is 20.1 Å². The van der Waals surface area contributed by atoms with Gasteiger partial charge in [0.15, 0.2) is 5.82 Å². The van der Waals surface area contributed by atoms with Crippen LogP contribution in [0, 0.1) is 5.92 Å². The monoisotopic (exact) mass is 210 g/mol. The van der Waals surface area contributed by atoms with Crippen molar-refractivity contribution in [2.24, 2.45) is 5.92 Å². The van der Waals surface area contributed by atoms with Gasteiger partial charge in [0.1, 0.15) is 6.33 Å². The first-order valence-electron chi connectivity index (χ1n) is 5.74. The van der Waals surface area contributed by atoms with E-state index < -0.39 is 0 Å². The fourth-order valence-electron chi connectivity index (χ4n) is 1.26. The zero-order valence-corrected chi connectivity index (χ0v) is 10.2. The second kappa shape index (κ2) is 5.85. The van der Waals surface area contributed by atoms with Gasteiger partial charge in [-0.05, 0) is 25.8 Å². The summed E-state index contributed by atoms with van der Waals surface area (Å²) in [6.07, 6.45) is 2.91. The van der Waals surface area contributed by atoms with Crippen LogP contribution in [0.1, 0.15) is 46.0 Å². The molecule has 1 aromatic rings. The van der Waals surface area contributed by atoms with Crippen molar-refractivity contribution in [2.75, 3.05) is 6.54 Å². The molecule has 86 valence electrons. The Morgan fingerprint density at radius 3 is 2.73 bits per heavy atom. The van der Waals surface area contributed by atoms with Crippen LogP contribution < -0.4 is 5.32 Å². The summed E-state index contributed by atoms with van der Waals surface area (Å²) < 4.78 is 1.94. The van der Waals surface area contributed by atoms with Crippen LogP contribution in [0.2, 0.25) is 0 Å². The molecule has 0 fully saturated rings. The van der Waals surface area contributed by atoms with Crippen molar-refractivity contribution in [3.05, 3.63) is 12.2 Å². The van der Waals surface area contributed by atoms with E-state index in [1.54, 1.807) is 0 Å². The zero-order chi connectivity index (χ0) is 11.3. The maximum absolute atomic E-state index is 4.42. The first-order chi connectivity index (χ1) is 7.13. The Bertz CT molecular complexity index is 280. The topological polar surface area (TPSA) is 42.7 Å². The maximum atomic E-state index is 4.42. The first-order valence-corrected chi connectivity index (χ1v) is 5.74. The minimum Gasteiger partial charge on any atom is -0.310 e. The summed E-state index contributed by atoms with van der Waals surface area (Å²) in [7, 11) is 0. The van der Waals surface area contributed by atoms with E-state index >= 15 is 0 Å². The lowest BCUT2D eigenvalue weighted by atomic mass is 10.2. The van der Waals surface area contributed by atoms with Crippen LogP contribution in [-0.4, -0.2) is 21.3 Å². The molecule has 0 amide bonds. The van der Waals surface area contributed by atoms with Crippen molar-refractivity contribution < 1.29 is 0 Å². The fourth-order valence-corrected chi connectivity index (χ4v) is 1.26.